The third-order valence-electron chi connectivity index (χ3n) is 2.36. The summed E-state index contributed by atoms with van der Waals surface area (Å²) in [5.74, 6) is 0. The molecule has 0 aliphatic rings. The normalized spacial score (nSPS) is 10.9. The van der Waals surface area contributed by atoms with Gasteiger partial charge in [-0.3, -0.25) is 4.68 Å². The van der Waals surface area contributed by atoms with Crippen LogP contribution in [-0.2, 0) is 20.1 Å². The number of nitrogens with zero attached hydrogens (tertiary/aromatic N) is 5. The van der Waals surface area contributed by atoms with E-state index in [1.807, 2.05) is 13.1 Å². The Labute approximate surface area is 91.9 Å². The van der Waals surface area contributed by atoms with Gasteiger partial charge in [0.15, 0.2) is 0 Å². The maximum Gasteiger partial charge on any atom is 0.111 e. The molecule has 6 nitrogen and oxygen atoms in total. The standard InChI is InChI=1S/C9H13FN6/c1-15-8(2-4-12-15)9-7(6-11)13-14-16(9)5-3-10/h2,4H,3,5-6,11H2,1H3. The Hall–Kier alpha value is -1.76. The van der Waals surface area contributed by atoms with Gasteiger partial charge in [-0.1, -0.05) is 5.21 Å². The molecule has 0 aliphatic carbocycles. The molecule has 16 heavy (non-hydrogen) atoms. The Morgan fingerprint density at radius 3 is 2.88 bits per heavy atom. The third-order valence-corrected chi connectivity index (χ3v) is 2.36. The highest BCUT2D eigenvalue weighted by molar-refractivity contribution is 5.57. The van der Waals surface area contributed by atoms with Crippen molar-refractivity contribution in [2.75, 3.05) is 6.67 Å². The van der Waals surface area contributed by atoms with E-state index < -0.39 is 6.67 Å². The molecule has 2 aromatic heterocycles. The average molecular weight is 224 g/mol. The van der Waals surface area contributed by atoms with Crippen LogP contribution >= 0.6 is 0 Å². The highest BCUT2D eigenvalue weighted by atomic mass is 19.1. The second kappa shape index (κ2) is 4.40. The number of hydrogen-bond acceptors (Lipinski definition) is 4. The second-order valence-electron chi connectivity index (χ2n) is 3.34. The predicted molar refractivity (Wildman–Crippen MR) is 56.1 cm³/mol. The molecular formula is C9H13FN6. The predicted octanol–water partition coefficient (Wildman–Crippen LogP) is 0.107. The molecule has 0 amide bonds. The number of alkyl halides is 1. The van der Waals surface area contributed by atoms with E-state index in [0.29, 0.717) is 5.69 Å². The van der Waals surface area contributed by atoms with Crippen molar-refractivity contribution in [1.29, 1.82) is 0 Å². The van der Waals surface area contributed by atoms with Crippen LogP contribution in [-0.4, -0.2) is 31.4 Å². The molecule has 0 bridgehead atoms. The molecule has 0 aliphatic heterocycles. The van der Waals surface area contributed by atoms with Crippen molar-refractivity contribution in [3.8, 4) is 11.4 Å². The minimum Gasteiger partial charge on any atom is -0.325 e. The molecule has 0 saturated carbocycles. The number of halogens is 1. The quantitative estimate of drug-likeness (QED) is 0.799. The Bertz CT molecular complexity index is 474. The highest BCUT2D eigenvalue weighted by Gasteiger charge is 2.16. The molecule has 2 heterocycles. The molecule has 7 heteroatoms. The Kier molecular flexibility index (Phi) is 2.95. The lowest BCUT2D eigenvalue weighted by Gasteiger charge is -2.05. The van der Waals surface area contributed by atoms with Gasteiger partial charge in [-0.25, -0.2) is 9.07 Å². The van der Waals surface area contributed by atoms with Gasteiger partial charge in [0.25, 0.3) is 0 Å². The van der Waals surface area contributed by atoms with Gasteiger partial charge in [0, 0.05) is 19.8 Å². The van der Waals surface area contributed by atoms with E-state index in [0.717, 1.165) is 11.4 Å². The number of aromatic nitrogens is 5. The van der Waals surface area contributed by atoms with Gasteiger partial charge in [0.1, 0.15) is 18.1 Å². The van der Waals surface area contributed by atoms with Crippen LogP contribution in [0.2, 0.25) is 0 Å². The molecule has 0 saturated heterocycles. The molecule has 0 fully saturated rings. The zero-order valence-corrected chi connectivity index (χ0v) is 8.97. The summed E-state index contributed by atoms with van der Waals surface area (Å²) in [6, 6.07) is 1.83. The number of nitrogens with two attached hydrogens (primary N) is 1. The van der Waals surface area contributed by atoms with Crippen LogP contribution in [0.1, 0.15) is 5.69 Å². The van der Waals surface area contributed by atoms with E-state index in [9.17, 15) is 4.39 Å². The minimum absolute atomic E-state index is 0.174. The molecule has 0 atom stereocenters. The van der Waals surface area contributed by atoms with Gasteiger partial charge >= 0.3 is 0 Å². The SMILES string of the molecule is Cn1nccc1-c1c(CN)nnn1CCF. The topological polar surface area (TPSA) is 74.6 Å². The van der Waals surface area contributed by atoms with E-state index in [-0.39, 0.29) is 13.1 Å². The Balaban J connectivity index is 2.52. The summed E-state index contributed by atoms with van der Waals surface area (Å²) < 4.78 is 15.6. The third kappa shape index (κ3) is 1.69. The van der Waals surface area contributed by atoms with E-state index in [1.54, 1.807) is 10.9 Å². The van der Waals surface area contributed by atoms with Crippen molar-refractivity contribution in [2.24, 2.45) is 12.8 Å². The lowest BCUT2D eigenvalue weighted by atomic mass is 10.2. The fourth-order valence-electron chi connectivity index (χ4n) is 1.61. The highest BCUT2D eigenvalue weighted by Crippen LogP contribution is 2.20. The summed E-state index contributed by atoms with van der Waals surface area (Å²) in [6.45, 7) is -0.0431. The first-order valence-corrected chi connectivity index (χ1v) is 4.94. The van der Waals surface area contributed by atoms with Crippen LogP contribution in [0.5, 0.6) is 0 Å². The lowest BCUT2D eigenvalue weighted by Crippen LogP contribution is -2.08. The van der Waals surface area contributed by atoms with Crippen molar-refractivity contribution in [1.82, 2.24) is 24.8 Å². The summed E-state index contributed by atoms with van der Waals surface area (Å²) in [5.41, 5.74) is 7.80. The van der Waals surface area contributed by atoms with Gasteiger partial charge in [0.05, 0.1) is 12.2 Å². The monoisotopic (exact) mass is 224 g/mol. The summed E-state index contributed by atoms with van der Waals surface area (Å²) in [6.07, 6.45) is 1.67. The van der Waals surface area contributed by atoms with Gasteiger partial charge < -0.3 is 5.73 Å². The number of hydrogen-bond donors (Lipinski definition) is 1. The van der Waals surface area contributed by atoms with Crippen molar-refractivity contribution >= 4 is 0 Å². The summed E-state index contributed by atoms with van der Waals surface area (Å²) >= 11 is 0. The molecular weight excluding hydrogens is 211 g/mol. The maximum absolute atomic E-state index is 12.4. The first kappa shape index (κ1) is 10.7. The van der Waals surface area contributed by atoms with Gasteiger partial charge in [-0.05, 0) is 6.07 Å². The van der Waals surface area contributed by atoms with Gasteiger partial charge in [0.2, 0.25) is 0 Å². The largest absolute Gasteiger partial charge is 0.325 e. The van der Waals surface area contributed by atoms with Crippen LogP contribution in [0.25, 0.3) is 11.4 Å². The fourth-order valence-corrected chi connectivity index (χ4v) is 1.61. The van der Waals surface area contributed by atoms with E-state index in [2.05, 4.69) is 15.4 Å². The lowest BCUT2D eigenvalue weighted by molar-refractivity contribution is 0.423. The number of rotatable bonds is 4. The first-order valence-electron chi connectivity index (χ1n) is 4.94. The van der Waals surface area contributed by atoms with Crippen LogP contribution in [0.15, 0.2) is 12.3 Å². The first-order chi connectivity index (χ1) is 7.77. The zero-order chi connectivity index (χ0) is 11.5. The molecule has 2 rings (SSSR count). The van der Waals surface area contributed by atoms with Crippen molar-refractivity contribution < 1.29 is 4.39 Å². The molecule has 2 aromatic rings. The van der Waals surface area contributed by atoms with Crippen molar-refractivity contribution in [3.63, 3.8) is 0 Å². The maximum atomic E-state index is 12.4. The Morgan fingerprint density at radius 1 is 1.50 bits per heavy atom. The van der Waals surface area contributed by atoms with Crippen LogP contribution in [0.3, 0.4) is 0 Å². The molecule has 0 unspecified atom stereocenters. The molecule has 0 radical (unpaired) electrons. The summed E-state index contributed by atoms with van der Waals surface area (Å²) in [5, 5.41) is 11.9. The molecule has 2 N–H and O–H groups in total. The van der Waals surface area contributed by atoms with Crippen molar-refractivity contribution in [3.05, 3.63) is 18.0 Å². The molecule has 0 spiro atoms. The fraction of sp³-hybridized carbons (Fsp3) is 0.444. The summed E-state index contributed by atoms with van der Waals surface area (Å²) in [4.78, 5) is 0. The molecule has 86 valence electrons. The number of aryl methyl sites for hydroxylation is 2. The second-order valence-corrected chi connectivity index (χ2v) is 3.34. The van der Waals surface area contributed by atoms with E-state index >= 15 is 0 Å². The van der Waals surface area contributed by atoms with E-state index in [4.69, 9.17) is 5.73 Å². The molecule has 0 aromatic carbocycles. The van der Waals surface area contributed by atoms with Gasteiger partial charge in [-0.2, -0.15) is 5.10 Å². The van der Waals surface area contributed by atoms with E-state index in [1.165, 1.54) is 4.68 Å². The van der Waals surface area contributed by atoms with Crippen molar-refractivity contribution in [2.45, 2.75) is 13.1 Å². The Morgan fingerprint density at radius 2 is 2.31 bits per heavy atom. The minimum atomic E-state index is -0.488. The summed E-state index contributed by atoms with van der Waals surface area (Å²) in [7, 11) is 1.81. The van der Waals surface area contributed by atoms with Crippen LogP contribution in [0, 0.1) is 0 Å². The smallest absolute Gasteiger partial charge is 0.111 e. The average Bonchev–Trinajstić information content (AvgIpc) is 2.85. The van der Waals surface area contributed by atoms with Crippen LogP contribution < -0.4 is 5.73 Å². The van der Waals surface area contributed by atoms with Crippen LogP contribution in [0.4, 0.5) is 4.39 Å². The zero-order valence-electron chi connectivity index (χ0n) is 8.97. The van der Waals surface area contributed by atoms with Gasteiger partial charge in [-0.15, -0.1) is 5.10 Å².